The standard InChI is InChI=1S/C17H23N3O3S/c1-12-17(13(2)20(3)19-12)24(21,22)18-11-14-8-9-23-16-7-5-4-6-15(16)10-14/h4-7,14,18H,8-11H2,1-3H3/t14-/m1/s1. The van der Waals surface area contributed by atoms with Crippen molar-refractivity contribution in [1.82, 2.24) is 14.5 Å². The van der Waals surface area contributed by atoms with Crippen molar-refractivity contribution in [3.8, 4) is 5.75 Å². The lowest BCUT2D eigenvalue weighted by atomic mass is 9.97. The normalized spacial score (nSPS) is 17.9. The maximum atomic E-state index is 12.7. The molecule has 0 unspecified atom stereocenters. The van der Waals surface area contributed by atoms with Crippen LogP contribution in [0.15, 0.2) is 29.2 Å². The Kier molecular flexibility index (Phi) is 4.64. The molecule has 0 radical (unpaired) electrons. The molecule has 6 nitrogen and oxygen atoms in total. The summed E-state index contributed by atoms with van der Waals surface area (Å²) in [5, 5.41) is 4.19. The summed E-state index contributed by atoms with van der Waals surface area (Å²) < 4.78 is 35.4. The zero-order valence-electron chi connectivity index (χ0n) is 14.2. The van der Waals surface area contributed by atoms with Crippen LogP contribution in [0.1, 0.15) is 23.4 Å². The summed E-state index contributed by atoms with van der Waals surface area (Å²) in [6.45, 7) is 4.49. The Balaban J connectivity index is 1.73. The third-order valence-electron chi connectivity index (χ3n) is 4.54. The van der Waals surface area contributed by atoms with Gasteiger partial charge in [0, 0.05) is 13.6 Å². The second-order valence-corrected chi connectivity index (χ2v) is 7.99. The molecule has 7 heteroatoms. The highest BCUT2D eigenvalue weighted by Gasteiger charge is 2.25. The topological polar surface area (TPSA) is 73.2 Å². The van der Waals surface area contributed by atoms with Crippen LogP contribution in [0.5, 0.6) is 5.75 Å². The van der Waals surface area contributed by atoms with Crippen molar-refractivity contribution in [1.29, 1.82) is 0 Å². The van der Waals surface area contributed by atoms with Gasteiger partial charge in [0.25, 0.3) is 0 Å². The first-order chi connectivity index (χ1) is 11.4. The number of para-hydroxylation sites is 1. The number of ether oxygens (including phenoxy) is 1. The number of hydrogen-bond donors (Lipinski definition) is 1. The number of aromatic nitrogens is 2. The molecule has 2 heterocycles. The number of fused-ring (bicyclic) bond motifs is 1. The molecule has 0 amide bonds. The van der Waals surface area contributed by atoms with Crippen molar-refractivity contribution >= 4 is 10.0 Å². The third kappa shape index (κ3) is 3.32. The van der Waals surface area contributed by atoms with E-state index in [2.05, 4.69) is 9.82 Å². The van der Waals surface area contributed by atoms with Crippen LogP contribution in [-0.4, -0.2) is 31.3 Å². The molecule has 0 spiro atoms. The van der Waals surface area contributed by atoms with Crippen LogP contribution in [0.25, 0.3) is 0 Å². The van der Waals surface area contributed by atoms with Crippen LogP contribution in [0.3, 0.4) is 0 Å². The number of nitrogens with zero attached hydrogens (tertiary/aromatic N) is 2. The first kappa shape index (κ1) is 17.0. The molecule has 1 aliphatic rings. The molecular formula is C17H23N3O3S. The van der Waals surface area contributed by atoms with Crippen molar-refractivity contribution in [3.63, 3.8) is 0 Å². The van der Waals surface area contributed by atoms with E-state index in [0.717, 1.165) is 24.2 Å². The third-order valence-corrected chi connectivity index (χ3v) is 6.21. The minimum Gasteiger partial charge on any atom is -0.493 e. The minimum atomic E-state index is -3.56. The molecule has 24 heavy (non-hydrogen) atoms. The Morgan fingerprint density at radius 2 is 2.08 bits per heavy atom. The van der Waals surface area contributed by atoms with Gasteiger partial charge in [-0.05, 0) is 44.2 Å². The summed E-state index contributed by atoms with van der Waals surface area (Å²) in [4.78, 5) is 0.287. The van der Waals surface area contributed by atoms with E-state index < -0.39 is 10.0 Å². The van der Waals surface area contributed by atoms with E-state index in [0.29, 0.717) is 24.5 Å². The molecule has 2 aromatic rings. The quantitative estimate of drug-likeness (QED) is 0.916. The predicted octanol–water partition coefficient (Wildman–Crippen LogP) is 1.96. The number of nitrogens with one attached hydrogen (secondary N) is 1. The van der Waals surface area contributed by atoms with Crippen molar-refractivity contribution in [2.24, 2.45) is 13.0 Å². The molecule has 1 aromatic heterocycles. The van der Waals surface area contributed by atoms with Crippen molar-refractivity contribution in [3.05, 3.63) is 41.2 Å². The fraction of sp³-hybridized carbons (Fsp3) is 0.471. The summed E-state index contributed by atoms with van der Waals surface area (Å²) in [5.41, 5.74) is 2.31. The molecular weight excluding hydrogens is 326 g/mol. The Bertz CT molecular complexity index is 843. The molecule has 1 atom stereocenters. The smallest absolute Gasteiger partial charge is 0.244 e. The van der Waals surface area contributed by atoms with E-state index in [1.54, 1.807) is 25.6 Å². The van der Waals surface area contributed by atoms with Crippen molar-refractivity contribution in [2.75, 3.05) is 13.2 Å². The van der Waals surface area contributed by atoms with E-state index in [4.69, 9.17) is 4.74 Å². The summed E-state index contributed by atoms with van der Waals surface area (Å²) in [6.07, 6.45) is 1.63. The van der Waals surface area contributed by atoms with E-state index in [-0.39, 0.29) is 10.8 Å². The Hall–Kier alpha value is -1.86. The summed E-state index contributed by atoms with van der Waals surface area (Å²) in [5.74, 6) is 1.11. The highest BCUT2D eigenvalue weighted by molar-refractivity contribution is 7.89. The molecule has 0 saturated heterocycles. The van der Waals surface area contributed by atoms with E-state index in [9.17, 15) is 8.42 Å². The fourth-order valence-corrected chi connectivity index (χ4v) is 4.73. The number of sulfonamides is 1. The molecule has 1 aliphatic heterocycles. The summed E-state index contributed by atoms with van der Waals surface area (Å²) >= 11 is 0. The maximum absolute atomic E-state index is 12.7. The van der Waals surface area contributed by atoms with Gasteiger partial charge in [-0.15, -0.1) is 0 Å². The monoisotopic (exact) mass is 349 g/mol. The Labute approximate surface area is 142 Å². The van der Waals surface area contributed by atoms with Gasteiger partial charge in [-0.2, -0.15) is 5.10 Å². The first-order valence-electron chi connectivity index (χ1n) is 8.09. The SMILES string of the molecule is Cc1nn(C)c(C)c1S(=O)(=O)NC[C@@H]1CCOc2ccccc2C1. The van der Waals surface area contributed by atoms with Crippen LogP contribution in [-0.2, 0) is 23.5 Å². The highest BCUT2D eigenvalue weighted by atomic mass is 32.2. The lowest BCUT2D eigenvalue weighted by Crippen LogP contribution is -2.31. The van der Waals surface area contributed by atoms with E-state index in [1.807, 2.05) is 24.3 Å². The summed E-state index contributed by atoms with van der Waals surface area (Å²) in [7, 11) is -1.81. The zero-order valence-corrected chi connectivity index (χ0v) is 15.1. The average Bonchev–Trinajstić information content (AvgIpc) is 2.71. The Morgan fingerprint density at radius 1 is 1.33 bits per heavy atom. The van der Waals surface area contributed by atoms with Gasteiger partial charge in [0.1, 0.15) is 10.6 Å². The molecule has 1 N–H and O–H groups in total. The second-order valence-electron chi connectivity index (χ2n) is 6.29. The van der Waals surface area contributed by atoms with Gasteiger partial charge in [-0.3, -0.25) is 4.68 Å². The van der Waals surface area contributed by atoms with Crippen LogP contribution >= 0.6 is 0 Å². The lowest BCUT2D eigenvalue weighted by molar-refractivity contribution is 0.294. The first-order valence-corrected chi connectivity index (χ1v) is 9.57. The van der Waals surface area contributed by atoms with Gasteiger partial charge in [-0.1, -0.05) is 18.2 Å². The van der Waals surface area contributed by atoms with Gasteiger partial charge >= 0.3 is 0 Å². The molecule has 0 bridgehead atoms. The fourth-order valence-electron chi connectivity index (χ4n) is 3.18. The van der Waals surface area contributed by atoms with Gasteiger partial charge < -0.3 is 4.74 Å². The van der Waals surface area contributed by atoms with E-state index in [1.165, 1.54) is 0 Å². The zero-order chi connectivity index (χ0) is 17.3. The molecule has 0 fully saturated rings. The average molecular weight is 349 g/mol. The minimum absolute atomic E-state index is 0.209. The van der Waals surface area contributed by atoms with Gasteiger partial charge in [-0.25, -0.2) is 13.1 Å². The van der Waals surface area contributed by atoms with Crippen molar-refractivity contribution in [2.45, 2.75) is 31.6 Å². The number of benzene rings is 1. The van der Waals surface area contributed by atoms with E-state index >= 15 is 0 Å². The van der Waals surface area contributed by atoms with Crippen LogP contribution in [0.4, 0.5) is 0 Å². The highest BCUT2D eigenvalue weighted by Crippen LogP contribution is 2.26. The van der Waals surface area contributed by atoms with Gasteiger partial charge in [0.2, 0.25) is 10.0 Å². The number of aryl methyl sites for hydroxylation is 2. The predicted molar refractivity (Wildman–Crippen MR) is 91.6 cm³/mol. The molecule has 3 rings (SSSR count). The number of hydrogen-bond acceptors (Lipinski definition) is 4. The van der Waals surface area contributed by atoms with Crippen LogP contribution in [0.2, 0.25) is 0 Å². The van der Waals surface area contributed by atoms with Crippen LogP contribution < -0.4 is 9.46 Å². The van der Waals surface area contributed by atoms with Gasteiger partial charge in [0.15, 0.2) is 0 Å². The number of rotatable bonds is 4. The van der Waals surface area contributed by atoms with Gasteiger partial charge in [0.05, 0.1) is 18.0 Å². The second kappa shape index (κ2) is 6.57. The molecule has 0 saturated carbocycles. The maximum Gasteiger partial charge on any atom is 0.244 e. The largest absolute Gasteiger partial charge is 0.493 e. The summed E-state index contributed by atoms with van der Waals surface area (Å²) in [6, 6.07) is 7.94. The van der Waals surface area contributed by atoms with Crippen molar-refractivity contribution < 1.29 is 13.2 Å². The molecule has 0 aliphatic carbocycles. The van der Waals surface area contributed by atoms with Crippen LogP contribution in [0, 0.1) is 19.8 Å². The Morgan fingerprint density at radius 3 is 2.79 bits per heavy atom. The molecule has 1 aromatic carbocycles. The lowest BCUT2D eigenvalue weighted by Gasteiger charge is -2.15. The molecule has 130 valence electrons.